The zero-order chi connectivity index (χ0) is 26.3. The van der Waals surface area contributed by atoms with Crippen molar-refractivity contribution in [2.45, 2.75) is 6.61 Å². The van der Waals surface area contributed by atoms with Crippen LogP contribution in [-0.2, 0) is 6.61 Å². The third-order valence-electron chi connectivity index (χ3n) is 5.45. The van der Waals surface area contributed by atoms with Gasteiger partial charge < -0.3 is 15.2 Å². The van der Waals surface area contributed by atoms with Crippen LogP contribution < -0.4 is 20.6 Å². The van der Waals surface area contributed by atoms with Gasteiger partial charge in [0.2, 0.25) is 11.6 Å². The van der Waals surface area contributed by atoms with Crippen molar-refractivity contribution in [2.75, 3.05) is 12.8 Å². The molecule has 2 heterocycles. The molecule has 3 aromatic carbocycles. The third-order valence-corrected chi connectivity index (χ3v) is 5.45. The highest BCUT2D eigenvalue weighted by Crippen LogP contribution is 2.31. The fourth-order valence-corrected chi connectivity index (χ4v) is 3.65. The number of hydrogen-bond acceptors (Lipinski definition) is 10. The minimum Gasteiger partial charge on any atom is -0.493 e. The second kappa shape index (κ2) is 11.0. The monoisotopic (exact) mass is 510 g/mol. The number of nitrogens with zero attached hydrogens (tertiary/aromatic N) is 6. The average molecular weight is 511 g/mol. The molecule has 12 heteroatoms. The van der Waals surface area contributed by atoms with Crippen LogP contribution in [0.3, 0.4) is 0 Å². The highest BCUT2D eigenvalue weighted by Gasteiger charge is 2.26. The molecule has 0 aliphatic rings. The van der Waals surface area contributed by atoms with Gasteiger partial charge in [0.05, 0.1) is 13.3 Å². The lowest BCUT2D eigenvalue weighted by molar-refractivity contribution is 0.0947. The van der Waals surface area contributed by atoms with E-state index in [2.05, 4.69) is 35.8 Å². The van der Waals surface area contributed by atoms with E-state index in [4.69, 9.17) is 15.2 Å². The van der Waals surface area contributed by atoms with Crippen molar-refractivity contribution in [3.63, 3.8) is 0 Å². The summed E-state index contributed by atoms with van der Waals surface area (Å²) in [6.07, 6.45) is 1.46. The van der Waals surface area contributed by atoms with Gasteiger partial charge in [0.25, 0.3) is 5.91 Å². The van der Waals surface area contributed by atoms with E-state index >= 15 is 0 Å². The molecule has 0 atom stereocenters. The molecule has 0 aliphatic heterocycles. The van der Waals surface area contributed by atoms with Crippen LogP contribution in [-0.4, -0.2) is 44.5 Å². The summed E-state index contributed by atoms with van der Waals surface area (Å²) in [6, 6.07) is 24.2. The maximum absolute atomic E-state index is 13.3. The predicted octanol–water partition coefficient (Wildman–Crippen LogP) is 3.25. The number of nitrogens with two attached hydrogens (primary N) is 1. The predicted molar refractivity (Wildman–Crippen MR) is 138 cm³/mol. The lowest BCUT2D eigenvalue weighted by atomic mass is 10.1. The fourth-order valence-electron chi connectivity index (χ4n) is 3.65. The molecule has 0 saturated carbocycles. The molecule has 3 N–H and O–H groups in total. The molecule has 190 valence electrons. The molecular formula is C26H22N8O4. The lowest BCUT2D eigenvalue weighted by Crippen LogP contribution is -2.22. The molecule has 1 amide bonds. The summed E-state index contributed by atoms with van der Waals surface area (Å²) in [7, 11) is 1.55. The summed E-state index contributed by atoms with van der Waals surface area (Å²) in [6.45, 7) is 0.326. The van der Waals surface area contributed by atoms with Crippen molar-refractivity contribution >= 4 is 17.9 Å². The molecule has 0 unspecified atom stereocenters. The standard InChI is InChI=1S/C26H22N8O4/c1-36-20-14-8-13-19(23(20)37-16-17-9-4-2-5-10-17)15-28-30-26(35)22-21(18-11-6-3-7-12-18)29-33-34(22)25-24(27)31-38-32-25/h2-15H,16H2,1H3,(H2,27,31)(H,30,35)/b28-15+. The van der Waals surface area contributed by atoms with Crippen LogP contribution in [0, 0.1) is 0 Å². The van der Waals surface area contributed by atoms with Crippen molar-refractivity contribution in [1.29, 1.82) is 0 Å². The number of hydrogen-bond donors (Lipinski definition) is 2. The number of carbonyl (C=O) groups is 1. The normalized spacial score (nSPS) is 11.0. The first-order valence-corrected chi connectivity index (χ1v) is 11.4. The van der Waals surface area contributed by atoms with Crippen LogP contribution in [0.5, 0.6) is 11.5 Å². The van der Waals surface area contributed by atoms with E-state index in [0.717, 1.165) is 10.2 Å². The maximum Gasteiger partial charge on any atom is 0.292 e. The number of amides is 1. The second-order valence-electron chi connectivity index (χ2n) is 7.89. The first kappa shape index (κ1) is 24.2. The number of ether oxygens (including phenoxy) is 2. The van der Waals surface area contributed by atoms with E-state index in [1.165, 1.54) is 6.21 Å². The molecule has 0 fully saturated rings. The minimum absolute atomic E-state index is 0.0261. The zero-order valence-corrected chi connectivity index (χ0v) is 20.2. The number of rotatable bonds is 9. The zero-order valence-electron chi connectivity index (χ0n) is 20.2. The molecule has 0 radical (unpaired) electrons. The first-order chi connectivity index (χ1) is 18.7. The number of hydrazone groups is 1. The Hall–Kier alpha value is -5.52. The Kier molecular flexibility index (Phi) is 7.02. The molecule has 38 heavy (non-hydrogen) atoms. The van der Waals surface area contributed by atoms with Gasteiger partial charge in [-0.15, -0.1) is 5.10 Å². The first-order valence-electron chi connectivity index (χ1n) is 11.4. The minimum atomic E-state index is -0.609. The molecule has 0 spiro atoms. The fraction of sp³-hybridized carbons (Fsp3) is 0.0769. The number of anilines is 1. The Labute approximate surface area is 216 Å². The lowest BCUT2D eigenvalue weighted by Gasteiger charge is -2.13. The Morgan fingerprint density at radius 3 is 2.53 bits per heavy atom. The Morgan fingerprint density at radius 2 is 1.82 bits per heavy atom. The SMILES string of the molecule is COc1cccc(/C=N/NC(=O)c2c(-c3ccccc3)nnn2-c2nonc2N)c1OCc1ccccc1. The van der Waals surface area contributed by atoms with Crippen molar-refractivity contribution in [3.05, 3.63) is 95.7 Å². The van der Waals surface area contributed by atoms with Gasteiger partial charge >= 0.3 is 0 Å². The second-order valence-corrected chi connectivity index (χ2v) is 7.89. The summed E-state index contributed by atoms with van der Waals surface area (Å²) in [5.74, 6) is 0.373. The van der Waals surface area contributed by atoms with Gasteiger partial charge in [0, 0.05) is 11.1 Å². The third kappa shape index (κ3) is 5.04. The van der Waals surface area contributed by atoms with Gasteiger partial charge in [-0.3, -0.25) is 4.79 Å². The maximum atomic E-state index is 13.3. The number of methoxy groups -OCH3 is 1. The molecule has 0 aliphatic carbocycles. The number of benzene rings is 3. The topological polar surface area (TPSA) is 156 Å². The largest absolute Gasteiger partial charge is 0.493 e. The summed E-state index contributed by atoms with van der Waals surface area (Å²) in [5.41, 5.74) is 10.9. The van der Waals surface area contributed by atoms with Crippen LogP contribution in [0.25, 0.3) is 17.1 Å². The number of nitrogen functional groups attached to an aromatic ring is 1. The molecule has 12 nitrogen and oxygen atoms in total. The smallest absolute Gasteiger partial charge is 0.292 e. The van der Waals surface area contributed by atoms with E-state index in [-0.39, 0.29) is 17.3 Å². The Bertz CT molecular complexity index is 1560. The van der Waals surface area contributed by atoms with Crippen molar-refractivity contribution in [3.8, 4) is 28.6 Å². The van der Waals surface area contributed by atoms with Crippen molar-refractivity contribution in [1.82, 2.24) is 30.7 Å². The Balaban J connectivity index is 1.42. The average Bonchev–Trinajstić information content (AvgIpc) is 3.59. The van der Waals surface area contributed by atoms with Gasteiger partial charge in [0.15, 0.2) is 17.2 Å². The van der Waals surface area contributed by atoms with E-state index in [1.807, 2.05) is 48.5 Å². The highest BCUT2D eigenvalue weighted by atomic mass is 16.6. The molecular weight excluding hydrogens is 488 g/mol. The number of aromatic nitrogens is 5. The molecule has 2 aromatic heterocycles. The van der Waals surface area contributed by atoms with Gasteiger partial charge in [-0.1, -0.05) is 71.9 Å². The number of carbonyl (C=O) groups excluding carboxylic acids is 1. The van der Waals surface area contributed by atoms with Crippen LogP contribution in [0.15, 0.2) is 88.6 Å². The van der Waals surface area contributed by atoms with Crippen LogP contribution >= 0.6 is 0 Å². The number of para-hydroxylation sites is 1. The van der Waals surface area contributed by atoms with E-state index < -0.39 is 5.91 Å². The van der Waals surface area contributed by atoms with Gasteiger partial charge in [0.1, 0.15) is 12.3 Å². The van der Waals surface area contributed by atoms with Crippen LogP contribution in [0.4, 0.5) is 5.82 Å². The summed E-state index contributed by atoms with van der Waals surface area (Å²) < 4.78 is 17.3. The van der Waals surface area contributed by atoms with Gasteiger partial charge in [-0.05, 0) is 28.0 Å². The molecule has 0 bridgehead atoms. The summed E-state index contributed by atoms with van der Waals surface area (Å²) >= 11 is 0. The van der Waals surface area contributed by atoms with Crippen molar-refractivity contribution < 1.29 is 18.9 Å². The van der Waals surface area contributed by atoms with Crippen LogP contribution in [0.1, 0.15) is 21.6 Å². The van der Waals surface area contributed by atoms with Crippen LogP contribution in [0.2, 0.25) is 0 Å². The number of nitrogens with one attached hydrogen (secondary N) is 1. The molecule has 0 saturated heterocycles. The molecule has 5 rings (SSSR count). The van der Waals surface area contributed by atoms with Gasteiger partial charge in [-0.2, -0.15) is 9.78 Å². The van der Waals surface area contributed by atoms with Gasteiger partial charge in [-0.25, -0.2) is 10.1 Å². The van der Waals surface area contributed by atoms with E-state index in [9.17, 15) is 4.79 Å². The molecule has 5 aromatic rings. The quantitative estimate of drug-likeness (QED) is 0.224. The van der Waals surface area contributed by atoms with E-state index in [0.29, 0.717) is 34.9 Å². The summed E-state index contributed by atoms with van der Waals surface area (Å²) in [4.78, 5) is 13.3. The van der Waals surface area contributed by atoms with E-state index in [1.54, 1.807) is 37.4 Å². The Morgan fingerprint density at radius 1 is 1.05 bits per heavy atom. The summed E-state index contributed by atoms with van der Waals surface area (Å²) in [5, 5.41) is 19.7. The van der Waals surface area contributed by atoms with Crippen molar-refractivity contribution in [2.24, 2.45) is 5.10 Å². The highest BCUT2D eigenvalue weighted by molar-refractivity contribution is 5.99.